The minimum Gasteiger partial charge on any atom is -0.394 e. The molecule has 8 nitrogen and oxygen atoms in total. The van der Waals surface area contributed by atoms with Gasteiger partial charge in [0, 0.05) is 37.0 Å². The van der Waals surface area contributed by atoms with Gasteiger partial charge in [-0.2, -0.15) is 5.10 Å². The molecule has 2 aromatic heterocycles. The number of hydrogen-bond donors (Lipinski definition) is 1. The molecule has 33 heavy (non-hydrogen) atoms. The van der Waals surface area contributed by atoms with Crippen molar-refractivity contribution in [2.45, 2.75) is 38.5 Å². The molecule has 176 valence electrons. The maximum Gasteiger partial charge on any atom is 0.159 e. The third-order valence-electron chi connectivity index (χ3n) is 6.79. The number of alkyl halides is 1. The van der Waals surface area contributed by atoms with Crippen LogP contribution in [0.3, 0.4) is 0 Å². The number of hydrogen-bond acceptors (Lipinski definition) is 7. The van der Waals surface area contributed by atoms with E-state index in [1.807, 2.05) is 30.9 Å². The first-order chi connectivity index (χ1) is 15.9. The first-order valence-electron chi connectivity index (χ1n) is 11.6. The maximum atomic E-state index is 15.0. The molecule has 0 amide bonds. The number of halogens is 1. The monoisotopic (exact) mass is 454 g/mol. The SMILES string of the molecule is Cc1nc(N2CCOC(CO)C2)cc(-n2ncc3cc(C)c(C4CCN(C)CC4F)cc32)n1. The predicted molar refractivity (Wildman–Crippen MR) is 125 cm³/mol. The van der Waals surface area contributed by atoms with Crippen LogP contribution in [-0.2, 0) is 4.74 Å². The predicted octanol–water partition coefficient (Wildman–Crippen LogP) is 2.39. The number of likely N-dealkylation sites (tertiary alicyclic amines) is 1. The van der Waals surface area contributed by atoms with Crippen molar-refractivity contribution >= 4 is 16.7 Å². The lowest BCUT2D eigenvalue weighted by molar-refractivity contribution is 0.00335. The molecule has 0 spiro atoms. The summed E-state index contributed by atoms with van der Waals surface area (Å²) < 4.78 is 22.4. The zero-order valence-electron chi connectivity index (χ0n) is 19.4. The van der Waals surface area contributed by atoms with Gasteiger partial charge in [-0.25, -0.2) is 19.0 Å². The number of aryl methyl sites for hydroxylation is 2. The molecule has 3 unspecified atom stereocenters. The van der Waals surface area contributed by atoms with Crippen molar-refractivity contribution in [3.63, 3.8) is 0 Å². The molecule has 1 aromatic carbocycles. The Morgan fingerprint density at radius 1 is 1.12 bits per heavy atom. The van der Waals surface area contributed by atoms with Crippen molar-refractivity contribution in [1.82, 2.24) is 24.6 Å². The van der Waals surface area contributed by atoms with Gasteiger partial charge in [-0.05, 0) is 57.1 Å². The molecule has 3 atom stereocenters. The minimum atomic E-state index is -0.884. The summed E-state index contributed by atoms with van der Waals surface area (Å²) in [5, 5.41) is 15.1. The number of anilines is 1. The van der Waals surface area contributed by atoms with Crippen LogP contribution in [0.1, 0.15) is 29.3 Å². The van der Waals surface area contributed by atoms with Gasteiger partial charge in [0.05, 0.1) is 31.0 Å². The number of morpholine rings is 1. The van der Waals surface area contributed by atoms with E-state index >= 15 is 0 Å². The van der Waals surface area contributed by atoms with Crippen LogP contribution in [0.4, 0.5) is 10.2 Å². The second-order valence-corrected chi connectivity index (χ2v) is 9.25. The molecule has 3 aromatic rings. The van der Waals surface area contributed by atoms with Gasteiger partial charge in [0.2, 0.25) is 0 Å². The van der Waals surface area contributed by atoms with E-state index in [4.69, 9.17) is 4.74 Å². The molecular weight excluding hydrogens is 423 g/mol. The van der Waals surface area contributed by atoms with E-state index < -0.39 is 6.17 Å². The number of fused-ring (bicyclic) bond motifs is 1. The Kier molecular flexibility index (Phi) is 6.03. The highest BCUT2D eigenvalue weighted by atomic mass is 19.1. The summed E-state index contributed by atoms with van der Waals surface area (Å²) in [6, 6.07) is 6.11. The normalized spacial score (nSPS) is 24.5. The van der Waals surface area contributed by atoms with Crippen molar-refractivity contribution in [1.29, 1.82) is 0 Å². The minimum absolute atomic E-state index is 0.0220. The Labute approximate surface area is 193 Å². The van der Waals surface area contributed by atoms with Gasteiger partial charge in [0.25, 0.3) is 0 Å². The summed E-state index contributed by atoms with van der Waals surface area (Å²) in [6.45, 7) is 7.07. The summed E-state index contributed by atoms with van der Waals surface area (Å²) in [7, 11) is 1.97. The van der Waals surface area contributed by atoms with Crippen LogP contribution in [-0.4, -0.2) is 88.5 Å². The molecule has 1 N–H and O–H groups in total. The molecule has 0 radical (unpaired) electrons. The number of rotatable bonds is 4. The average molecular weight is 455 g/mol. The van der Waals surface area contributed by atoms with E-state index in [0.717, 1.165) is 40.8 Å². The molecule has 2 saturated heterocycles. The molecule has 4 heterocycles. The zero-order chi connectivity index (χ0) is 23.1. The molecule has 9 heteroatoms. The highest BCUT2D eigenvalue weighted by Crippen LogP contribution is 2.35. The molecule has 0 aliphatic carbocycles. The van der Waals surface area contributed by atoms with Crippen LogP contribution < -0.4 is 4.90 Å². The Morgan fingerprint density at radius 2 is 1.94 bits per heavy atom. The van der Waals surface area contributed by atoms with E-state index in [-0.39, 0.29) is 18.6 Å². The lowest BCUT2D eigenvalue weighted by Crippen LogP contribution is -2.44. The van der Waals surface area contributed by atoms with Gasteiger partial charge in [0.15, 0.2) is 5.82 Å². The number of piperidine rings is 1. The van der Waals surface area contributed by atoms with Crippen LogP contribution in [0.15, 0.2) is 24.4 Å². The van der Waals surface area contributed by atoms with Crippen molar-refractivity contribution in [2.24, 2.45) is 0 Å². The van der Waals surface area contributed by atoms with Crippen molar-refractivity contribution in [2.75, 3.05) is 51.3 Å². The molecule has 2 aliphatic heterocycles. The molecule has 5 rings (SSSR count). The number of ether oxygens (including phenoxy) is 1. The summed E-state index contributed by atoms with van der Waals surface area (Å²) >= 11 is 0. The van der Waals surface area contributed by atoms with E-state index in [0.29, 0.717) is 37.9 Å². The third kappa shape index (κ3) is 4.32. The van der Waals surface area contributed by atoms with E-state index in [2.05, 4.69) is 43.9 Å². The Hall–Kier alpha value is -2.62. The Morgan fingerprint density at radius 3 is 2.73 bits per heavy atom. The number of aliphatic hydroxyl groups excluding tert-OH is 1. The highest BCUT2D eigenvalue weighted by Gasteiger charge is 2.30. The number of aromatic nitrogens is 4. The van der Waals surface area contributed by atoms with Crippen molar-refractivity contribution in [3.8, 4) is 5.82 Å². The van der Waals surface area contributed by atoms with E-state index in [9.17, 15) is 9.50 Å². The van der Waals surface area contributed by atoms with E-state index in [1.165, 1.54) is 0 Å². The number of nitrogens with zero attached hydrogens (tertiary/aromatic N) is 6. The molecule has 0 saturated carbocycles. The Bertz CT molecular complexity index is 1150. The van der Waals surface area contributed by atoms with Crippen LogP contribution >= 0.6 is 0 Å². The van der Waals surface area contributed by atoms with Crippen molar-refractivity contribution < 1.29 is 14.2 Å². The fourth-order valence-corrected chi connectivity index (χ4v) is 5.04. The van der Waals surface area contributed by atoms with E-state index in [1.54, 1.807) is 0 Å². The van der Waals surface area contributed by atoms with Gasteiger partial charge in [0.1, 0.15) is 17.8 Å². The highest BCUT2D eigenvalue weighted by molar-refractivity contribution is 5.82. The summed E-state index contributed by atoms with van der Waals surface area (Å²) in [5.74, 6) is 1.99. The van der Waals surface area contributed by atoms with Gasteiger partial charge >= 0.3 is 0 Å². The molecule has 2 aliphatic rings. The van der Waals surface area contributed by atoms with Crippen LogP contribution in [0.5, 0.6) is 0 Å². The fourth-order valence-electron chi connectivity index (χ4n) is 5.04. The fraction of sp³-hybridized carbons (Fsp3) is 0.542. The standard InChI is InChI=1S/C24H31FN6O2/c1-15-8-17-11-26-31(22(17)9-20(15)19-4-5-29(3)13-21(19)25)24-10-23(27-16(2)28-24)30-6-7-33-18(12-30)14-32/h8-11,18-19,21,32H,4-7,12-14H2,1-3H3. The second-order valence-electron chi connectivity index (χ2n) is 9.25. The largest absolute Gasteiger partial charge is 0.394 e. The topological polar surface area (TPSA) is 79.5 Å². The smallest absolute Gasteiger partial charge is 0.159 e. The molecule has 2 fully saturated rings. The summed E-state index contributed by atoms with van der Waals surface area (Å²) in [4.78, 5) is 13.4. The molecule has 0 bridgehead atoms. The summed E-state index contributed by atoms with van der Waals surface area (Å²) in [5.41, 5.74) is 3.07. The van der Waals surface area contributed by atoms with Gasteiger partial charge < -0.3 is 19.6 Å². The van der Waals surface area contributed by atoms with Crippen LogP contribution in [0.25, 0.3) is 16.7 Å². The van der Waals surface area contributed by atoms with Crippen molar-refractivity contribution in [3.05, 3.63) is 41.3 Å². The zero-order valence-corrected chi connectivity index (χ0v) is 19.4. The van der Waals surface area contributed by atoms with Gasteiger partial charge in [-0.3, -0.25) is 0 Å². The summed E-state index contributed by atoms with van der Waals surface area (Å²) in [6.07, 6.45) is 1.53. The third-order valence-corrected chi connectivity index (χ3v) is 6.79. The molecular formula is C24H31FN6O2. The van der Waals surface area contributed by atoms with Crippen LogP contribution in [0.2, 0.25) is 0 Å². The lowest BCUT2D eigenvalue weighted by atomic mass is 9.85. The van der Waals surface area contributed by atoms with Gasteiger partial charge in [-0.15, -0.1) is 0 Å². The Balaban J connectivity index is 1.53. The average Bonchev–Trinajstić information content (AvgIpc) is 3.21. The maximum absolute atomic E-state index is 15.0. The quantitative estimate of drug-likeness (QED) is 0.648. The lowest BCUT2D eigenvalue weighted by Gasteiger charge is -2.33. The second kappa shape index (κ2) is 8.96. The van der Waals surface area contributed by atoms with Gasteiger partial charge in [-0.1, -0.05) is 0 Å². The first-order valence-corrected chi connectivity index (χ1v) is 11.6. The number of benzene rings is 1. The first kappa shape index (κ1) is 22.2. The van der Waals surface area contributed by atoms with Crippen LogP contribution in [0, 0.1) is 13.8 Å². The number of aliphatic hydroxyl groups is 1.